The highest BCUT2D eigenvalue weighted by atomic mass is 16.8. The zero-order chi connectivity index (χ0) is 25.4. The standard InChI is InChI=1S/C28H29N3O5/c1-28(2)26-25(34-27(33)35-26)22-20(36-28)14-18(29-10-11-30(3)4)21-23(22)31(5)19-13-16-9-7-6-8-15(16)12-17(19)24(21)32/h6-9,12-14,25-26,29H,10-11H2,1-5H3/t25-,26-/m1/s1. The summed E-state index contributed by atoms with van der Waals surface area (Å²) in [4.78, 5) is 28.4. The molecular formula is C28H29N3O5. The van der Waals surface area contributed by atoms with Crippen molar-refractivity contribution in [2.24, 2.45) is 7.05 Å². The molecule has 2 aliphatic heterocycles. The zero-order valence-electron chi connectivity index (χ0n) is 21.0. The summed E-state index contributed by atoms with van der Waals surface area (Å²) in [5.74, 6) is 0.578. The van der Waals surface area contributed by atoms with Gasteiger partial charge in [0, 0.05) is 31.6 Å². The molecule has 1 aromatic heterocycles. The fourth-order valence-electron chi connectivity index (χ4n) is 5.51. The highest BCUT2D eigenvalue weighted by Crippen LogP contribution is 2.50. The van der Waals surface area contributed by atoms with E-state index in [1.54, 1.807) is 0 Å². The lowest BCUT2D eigenvalue weighted by atomic mass is 9.86. The Morgan fingerprint density at radius 2 is 1.78 bits per heavy atom. The quantitative estimate of drug-likeness (QED) is 0.334. The van der Waals surface area contributed by atoms with Gasteiger partial charge in [0.1, 0.15) is 11.4 Å². The van der Waals surface area contributed by atoms with Crippen LogP contribution in [0.4, 0.5) is 10.5 Å². The highest BCUT2D eigenvalue weighted by Gasteiger charge is 2.54. The fraction of sp³-hybridized carbons (Fsp3) is 0.357. The number of likely N-dealkylation sites (N-methyl/N-ethyl adjacent to an activating group) is 1. The minimum Gasteiger partial charge on any atom is -0.483 e. The fourth-order valence-corrected chi connectivity index (χ4v) is 5.51. The van der Waals surface area contributed by atoms with Crippen molar-refractivity contribution in [1.29, 1.82) is 0 Å². The Kier molecular flexibility index (Phi) is 4.95. The number of nitrogens with one attached hydrogen (secondary N) is 1. The summed E-state index contributed by atoms with van der Waals surface area (Å²) in [5.41, 5.74) is 1.95. The molecule has 2 atom stereocenters. The zero-order valence-corrected chi connectivity index (χ0v) is 21.0. The Morgan fingerprint density at radius 3 is 2.50 bits per heavy atom. The second-order valence-corrected chi connectivity index (χ2v) is 10.4. The van der Waals surface area contributed by atoms with Gasteiger partial charge in [0.15, 0.2) is 17.6 Å². The van der Waals surface area contributed by atoms with E-state index >= 15 is 0 Å². The molecule has 1 fully saturated rings. The third kappa shape index (κ3) is 3.32. The van der Waals surface area contributed by atoms with Gasteiger partial charge in [0.05, 0.1) is 27.7 Å². The van der Waals surface area contributed by atoms with E-state index in [2.05, 4.69) is 10.2 Å². The van der Waals surface area contributed by atoms with E-state index in [0.717, 1.165) is 22.8 Å². The maximum atomic E-state index is 14.1. The Bertz CT molecular complexity index is 1620. The van der Waals surface area contributed by atoms with E-state index in [1.807, 2.05) is 82.0 Å². The number of aryl methyl sites for hydroxylation is 1. The van der Waals surface area contributed by atoms with Crippen LogP contribution in [0, 0.1) is 0 Å². The third-order valence-electron chi connectivity index (χ3n) is 7.27. The first-order valence-corrected chi connectivity index (χ1v) is 12.1. The van der Waals surface area contributed by atoms with Gasteiger partial charge in [-0.2, -0.15) is 0 Å². The molecule has 0 unspecified atom stereocenters. The average Bonchev–Trinajstić information content (AvgIpc) is 3.23. The normalized spacial score (nSPS) is 20.2. The van der Waals surface area contributed by atoms with Gasteiger partial charge in [0.2, 0.25) is 0 Å². The molecule has 0 aliphatic carbocycles. The van der Waals surface area contributed by atoms with Gasteiger partial charge in [-0.1, -0.05) is 24.3 Å². The monoisotopic (exact) mass is 487 g/mol. The number of hydrogen-bond acceptors (Lipinski definition) is 7. The summed E-state index contributed by atoms with van der Waals surface area (Å²) in [6.45, 7) is 5.20. The van der Waals surface area contributed by atoms with Crippen molar-refractivity contribution < 1.29 is 19.0 Å². The molecule has 3 heterocycles. The summed E-state index contributed by atoms with van der Waals surface area (Å²) in [7, 11) is 5.95. The molecule has 186 valence electrons. The molecule has 0 radical (unpaired) electrons. The number of hydrogen-bond donors (Lipinski definition) is 1. The SMILES string of the molecule is CN(C)CCNc1cc2c(c3c1c(=O)c1cc4ccccc4cc1n3C)[C@H]1OC(=O)O[C@H]1C(C)(C)O2. The van der Waals surface area contributed by atoms with Crippen molar-refractivity contribution in [3.8, 4) is 5.75 Å². The first-order chi connectivity index (χ1) is 17.2. The topological polar surface area (TPSA) is 82.0 Å². The van der Waals surface area contributed by atoms with Gasteiger partial charge in [-0.15, -0.1) is 0 Å². The summed E-state index contributed by atoms with van der Waals surface area (Å²) in [6, 6.07) is 13.9. The number of anilines is 1. The van der Waals surface area contributed by atoms with Gasteiger partial charge in [-0.25, -0.2) is 4.79 Å². The lowest BCUT2D eigenvalue weighted by molar-refractivity contribution is -0.0497. The number of pyridine rings is 1. The van der Waals surface area contributed by atoms with Crippen molar-refractivity contribution >= 4 is 44.4 Å². The molecule has 6 rings (SSSR count). The minimum atomic E-state index is -0.801. The van der Waals surface area contributed by atoms with Crippen LogP contribution in [0.2, 0.25) is 0 Å². The van der Waals surface area contributed by atoms with Crippen molar-refractivity contribution in [3.63, 3.8) is 0 Å². The lowest BCUT2D eigenvalue weighted by Gasteiger charge is -2.39. The number of rotatable bonds is 4. The molecule has 0 amide bonds. The predicted octanol–water partition coefficient (Wildman–Crippen LogP) is 4.57. The molecule has 2 aliphatic rings. The number of nitrogens with zero attached hydrogens (tertiary/aromatic N) is 2. The number of aromatic nitrogens is 1. The smallest absolute Gasteiger partial charge is 0.483 e. The van der Waals surface area contributed by atoms with E-state index < -0.39 is 24.0 Å². The Balaban J connectivity index is 1.71. The molecule has 0 saturated carbocycles. The molecule has 8 heteroatoms. The first-order valence-electron chi connectivity index (χ1n) is 12.1. The summed E-state index contributed by atoms with van der Waals surface area (Å²) < 4.78 is 19.6. The van der Waals surface area contributed by atoms with Gasteiger partial charge in [-0.3, -0.25) is 4.79 Å². The number of carbonyl (C=O) groups is 1. The molecule has 1 N–H and O–H groups in total. The van der Waals surface area contributed by atoms with Crippen molar-refractivity contribution in [2.75, 3.05) is 32.5 Å². The van der Waals surface area contributed by atoms with Gasteiger partial charge >= 0.3 is 6.16 Å². The maximum Gasteiger partial charge on any atom is 0.509 e. The van der Waals surface area contributed by atoms with Crippen LogP contribution >= 0.6 is 0 Å². The van der Waals surface area contributed by atoms with E-state index in [1.165, 1.54) is 0 Å². The number of carbonyl (C=O) groups excluding carboxylic acids is 1. The van der Waals surface area contributed by atoms with E-state index in [9.17, 15) is 9.59 Å². The van der Waals surface area contributed by atoms with Crippen LogP contribution < -0.4 is 15.5 Å². The Hall–Kier alpha value is -3.78. The Labute approximate surface area is 208 Å². The maximum absolute atomic E-state index is 14.1. The van der Waals surface area contributed by atoms with Crippen LogP contribution in [-0.2, 0) is 16.5 Å². The molecule has 0 spiro atoms. The van der Waals surface area contributed by atoms with Crippen molar-refractivity contribution in [3.05, 3.63) is 58.3 Å². The van der Waals surface area contributed by atoms with Crippen LogP contribution in [0.15, 0.2) is 47.3 Å². The summed E-state index contributed by atoms with van der Waals surface area (Å²) >= 11 is 0. The van der Waals surface area contributed by atoms with Crippen LogP contribution in [0.5, 0.6) is 5.75 Å². The van der Waals surface area contributed by atoms with Crippen molar-refractivity contribution in [2.45, 2.75) is 31.7 Å². The van der Waals surface area contributed by atoms with Crippen molar-refractivity contribution in [1.82, 2.24) is 9.47 Å². The second-order valence-electron chi connectivity index (χ2n) is 10.4. The van der Waals surface area contributed by atoms with Crippen LogP contribution in [0.1, 0.15) is 25.5 Å². The van der Waals surface area contributed by atoms with Crippen LogP contribution in [-0.4, -0.2) is 54.5 Å². The lowest BCUT2D eigenvalue weighted by Crippen LogP contribution is -2.48. The molecule has 8 nitrogen and oxygen atoms in total. The summed E-state index contributed by atoms with van der Waals surface area (Å²) in [5, 5.41) is 6.68. The number of benzene rings is 3. The number of ether oxygens (including phenoxy) is 3. The van der Waals surface area contributed by atoms with Crippen LogP contribution in [0.3, 0.4) is 0 Å². The van der Waals surface area contributed by atoms with Gasteiger partial charge in [0.25, 0.3) is 0 Å². The second kappa shape index (κ2) is 7.86. The van der Waals surface area contributed by atoms with E-state index in [0.29, 0.717) is 39.8 Å². The van der Waals surface area contributed by atoms with Crippen LogP contribution in [0.25, 0.3) is 32.6 Å². The minimum absolute atomic E-state index is 0.0781. The van der Waals surface area contributed by atoms with E-state index in [4.69, 9.17) is 14.2 Å². The molecule has 4 aromatic rings. The predicted molar refractivity (Wildman–Crippen MR) is 140 cm³/mol. The highest BCUT2D eigenvalue weighted by molar-refractivity contribution is 6.06. The molecule has 1 saturated heterocycles. The first kappa shape index (κ1) is 22.7. The molecule has 36 heavy (non-hydrogen) atoms. The molecule has 3 aromatic carbocycles. The third-order valence-corrected chi connectivity index (χ3v) is 7.27. The van der Waals surface area contributed by atoms with Gasteiger partial charge < -0.3 is 29.0 Å². The molecular weight excluding hydrogens is 458 g/mol. The Morgan fingerprint density at radius 1 is 1.06 bits per heavy atom. The largest absolute Gasteiger partial charge is 0.509 e. The number of fused-ring (bicyclic) bond motifs is 7. The van der Waals surface area contributed by atoms with Gasteiger partial charge in [-0.05, 0) is 50.8 Å². The summed E-state index contributed by atoms with van der Waals surface area (Å²) in [6.07, 6.45) is -2.04. The molecule has 0 bridgehead atoms. The average molecular weight is 488 g/mol. The van der Waals surface area contributed by atoms with E-state index in [-0.39, 0.29) is 5.43 Å².